The summed E-state index contributed by atoms with van der Waals surface area (Å²) in [6.45, 7) is 5.27. The molecule has 0 radical (unpaired) electrons. The molecule has 0 amide bonds. The average molecular weight is 408 g/mol. The second-order valence-electron chi connectivity index (χ2n) is 8.02. The predicted molar refractivity (Wildman–Crippen MR) is 130 cm³/mol. The lowest BCUT2D eigenvalue weighted by atomic mass is 10.0. The summed E-state index contributed by atoms with van der Waals surface area (Å²) < 4.78 is 6.03. The lowest BCUT2D eigenvalue weighted by Crippen LogP contribution is -2.11. The van der Waals surface area contributed by atoms with Gasteiger partial charge in [-0.05, 0) is 48.7 Å². The highest BCUT2D eigenvalue weighted by molar-refractivity contribution is 6.00. The molecule has 1 aromatic heterocycles. The summed E-state index contributed by atoms with van der Waals surface area (Å²) in [5, 5.41) is 2.18. The van der Waals surface area contributed by atoms with Gasteiger partial charge in [-0.3, -0.25) is 0 Å². The van der Waals surface area contributed by atoms with Crippen molar-refractivity contribution in [2.75, 3.05) is 6.61 Å². The molecule has 0 saturated carbocycles. The molecule has 1 heterocycles. The van der Waals surface area contributed by atoms with Crippen molar-refractivity contribution in [2.45, 2.75) is 39.5 Å². The monoisotopic (exact) mass is 407 g/mol. The summed E-state index contributed by atoms with van der Waals surface area (Å²) in [6, 6.07) is 24.5. The van der Waals surface area contributed by atoms with Crippen molar-refractivity contribution in [2.24, 2.45) is 5.92 Å². The Morgan fingerprint density at radius 1 is 0.806 bits per heavy atom. The number of pyridine rings is 1. The van der Waals surface area contributed by atoms with Crippen LogP contribution in [0.3, 0.4) is 0 Å². The highest BCUT2D eigenvalue weighted by Gasteiger charge is 2.08. The Kier molecular flexibility index (Phi) is 6.85. The number of para-hydroxylation sites is 2. The van der Waals surface area contributed by atoms with E-state index in [9.17, 15) is 0 Å². The molecule has 31 heavy (non-hydrogen) atoms. The number of fused-ring (bicyclic) bond motifs is 2. The number of benzene rings is 3. The lowest BCUT2D eigenvalue weighted by molar-refractivity contribution is 0.233. The van der Waals surface area contributed by atoms with E-state index in [1.807, 2.05) is 60.7 Å². The minimum Gasteiger partial charge on any atom is -0.493 e. The van der Waals surface area contributed by atoms with E-state index in [2.05, 4.69) is 37.8 Å². The van der Waals surface area contributed by atoms with E-state index in [1.165, 1.54) is 19.3 Å². The molecule has 2 nitrogen and oxygen atoms in total. The minimum absolute atomic E-state index is 0.632. The SMILES string of the molecule is CCCCC(CC)COc1ccc(C#Cc2c3ccccc3nc3ccccc23)cc1. The third-order valence-corrected chi connectivity index (χ3v) is 5.80. The standard InChI is InChI=1S/C29H29NO/c1-3-5-10-22(4-2)21-31-24-18-15-23(16-19-24)17-20-25-26-11-6-8-13-28(26)30-29-14-9-7-12-27(25)29/h6-9,11-16,18-19,22H,3-5,10,21H2,1-2H3. The van der Waals surface area contributed by atoms with Gasteiger partial charge in [0, 0.05) is 21.9 Å². The third kappa shape index (κ3) is 5.06. The van der Waals surface area contributed by atoms with Crippen LogP contribution in [0.4, 0.5) is 0 Å². The molecule has 0 saturated heterocycles. The smallest absolute Gasteiger partial charge is 0.119 e. The molecule has 0 aliphatic rings. The van der Waals surface area contributed by atoms with Crippen molar-refractivity contribution in [1.29, 1.82) is 0 Å². The van der Waals surface area contributed by atoms with Crippen molar-refractivity contribution in [3.8, 4) is 17.6 Å². The molecular formula is C29H29NO. The van der Waals surface area contributed by atoms with E-state index in [0.29, 0.717) is 5.92 Å². The van der Waals surface area contributed by atoms with Crippen LogP contribution >= 0.6 is 0 Å². The van der Waals surface area contributed by atoms with Gasteiger partial charge in [-0.1, -0.05) is 81.3 Å². The normalized spacial score (nSPS) is 11.8. The highest BCUT2D eigenvalue weighted by atomic mass is 16.5. The number of aromatic nitrogens is 1. The second-order valence-corrected chi connectivity index (χ2v) is 8.02. The Labute approximate surface area is 185 Å². The van der Waals surface area contributed by atoms with Gasteiger partial charge in [0.2, 0.25) is 0 Å². The van der Waals surface area contributed by atoms with E-state index < -0.39 is 0 Å². The topological polar surface area (TPSA) is 22.1 Å². The van der Waals surface area contributed by atoms with Crippen molar-refractivity contribution in [1.82, 2.24) is 4.98 Å². The van der Waals surface area contributed by atoms with Gasteiger partial charge in [0.25, 0.3) is 0 Å². The molecule has 3 aromatic carbocycles. The van der Waals surface area contributed by atoms with Crippen LogP contribution in [-0.4, -0.2) is 11.6 Å². The lowest BCUT2D eigenvalue weighted by Gasteiger charge is -2.15. The molecule has 0 N–H and O–H groups in total. The maximum Gasteiger partial charge on any atom is 0.119 e. The van der Waals surface area contributed by atoms with Gasteiger partial charge in [0.05, 0.1) is 17.6 Å². The second kappa shape index (κ2) is 10.1. The van der Waals surface area contributed by atoms with E-state index in [-0.39, 0.29) is 0 Å². The van der Waals surface area contributed by atoms with Gasteiger partial charge in [-0.25, -0.2) is 4.98 Å². The van der Waals surface area contributed by atoms with Gasteiger partial charge < -0.3 is 4.74 Å². The van der Waals surface area contributed by atoms with Crippen LogP contribution in [-0.2, 0) is 0 Å². The molecule has 4 rings (SSSR count). The van der Waals surface area contributed by atoms with Gasteiger partial charge in [0.1, 0.15) is 5.75 Å². The molecule has 2 heteroatoms. The molecule has 0 bridgehead atoms. The first-order chi connectivity index (χ1) is 15.3. The van der Waals surface area contributed by atoms with E-state index >= 15 is 0 Å². The zero-order chi connectivity index (χ0) is 21.5. The maximum absolute atomic E-state index is 6.03. The van der Waals surface area contributed by atoms with Crippen molar-refractivity contribution >= 4 is 21.8 Å². The third-order valence-electron chi connectivity index (χ3n) is 5.80. The summed E-state index contributed by atoms with van der Waals surface area (Å²) in [5.74, 6) is 8.31. The van der Waals surface area contributed by atoms with Gasteiger partial charge in [0.15, 0.2) is 0 Å². The molecule has 0 fully saturated rings. The number of unbranched alkanes of at least 4 members (excludes halogenated alkanes) is 1. The number of hydrogen-bond acceptors (Lipinski definition) is 2. The van der Waals surface area contributed by atoms with Crippen LogP contribution < -0.4 is 4.74 Å². The number of rotatable bonds is 7. The fourth-order valence-electron chi connectivity index (χ4n) is 3.86. The number of ether oxygens (including phenoxy) is 1. The molecule has 0 aliphatic carbocycles. The quantitative estimate of drug-likeness (QED) is 0.235. The Morgan fingerprint density at radius 2 is 1.45 bits per heavy atom. The van der Waals surface area contributed by atoms with E-state index in [1.54, 1.807) is 0 Å². The van der Waals surface area contributed by atoms with Gasteiger partial charge in [-0.15, -0.1) is 0 Å². The molecule has 4 aromatic rings. The summed E-state index contributed by atoms with van der Waals surface area (Å²) in [5.41, 5.74) is 3.96. The summed E-state index contributed by atoms with van der Waals surface area (Å²) >= 11 is 0. The number of nitrogens with zero attached hydrogens (tertiary/aromatic N) is 1. The Morgan fingerprint density at radius 3 is 2.06 bits per heavy atom. The van der Waals surface area contributed by atoms with Crippen LogP contribution in [0.2, 0.25) is 0 Å². The molecular weight excluding hydrogens is 378 g/mol. The molecule has 1 unspecified atom stereocenters. The van der Waals surface area contributed by atoms with Crippen molar-refractivity contribution < 1.29 is 4.74 Å². The van der Waals surface area contributed by atoms with Crippen LogP contribution in [0.15, 0.2) is 72.8 Å². The van der Waals surface area contributed by atoms with Crippen molar-refractivity contribution in [3.05, 3.63) is 83.9 Å². The molecule has 0 aliphatic heterocycles. The summed E-state index contributed by atoms with van der Waals surface area (Å²) in [6.07, 6.45) is 4.92. The minimum atomic E-state index is 0.632. The van der Waals surface area contributed by atoms with Crippen molar-refractivity contribution in [3.63, 3.8) is 0 Å². The summed E-state index contributed by atoms with van der Waals surface area (Å²) in [4.78, 5) is 4.78. The molecule has 1 atom stereocenters. The largest absolute Gasteiger partial charge is 0.493 e. The molecule has 0 spiro atoms. The first kappa shape index (κ1) is 20.9. The highest BCUT2D eigenvalue weighted by Crippen LogP contribution is 2.25. The fourth-order valence-corrected chi connectivity index (χ4v) is 3.86. The Bertz CT molecular complexity index is 1160. The van der Waals surface area contributed by atoms with E-state index in [4.69, 9.17) is 9.72 Å². The zero-order valence-electron chi connectivity index (χ0n) is 18.4. The van der Waals surface area contributed by atoms with E-state index in [0.717, 1.165) is 51.7 Å². The zero-order valence-corrected chi connectivity index (χ0v) is 18.4. The van der Waals surface area contributed by atoms with Crippen LogP contribution in [0.5, 0.6) is 5.75 Å². The average Bonchev–Trinajstić information content (AvgIpc) is 2.82. The Balaban J connectivity index is 1.56. The van der Waals surface area contributed by atoms with Crippen LogP contribution in [0.25, 0.3) is 21.8 Å². The number of hydrogen-bond donors (Lipinski definition) is 0. The first-order valence-electron chi connectivity index (χ1n) is 11.3. The predicted octanol–water partition coefficient (Wildman–Crippen LogP) is 7.38. The first-order valence-corrected chi connectivity index (χ1v) is 11.3. The maximum atomic E-state index is 6.03. The van der Waals surface area contributed by atoms with Gasteiger partial charge >= 0.3 is 0 Å². The van der Waals surface area contributed by atoms with Gasteiger partial charge in [-0.2, -0.15) is 0 Å². The molecule has 156 valence electrons. The summed E-state index contributed by atoms with van der Waals surface area (Å²) in [7, 11) is 0. The Hall–Kier alpha value is -3.31. The fraction of sp³-hybridized carbons (Fsp3) is 0.276. The van der Waals surface area contributed by atoms with Crippen LogP contribution in [0.1, 0.15) is 50.7 Å². The van der Waals surface area contributed by atoms with Crippen LogP contribution in [0, 0.1) is 17.8 Å².